The van der Waals surface area contributed by atoms with Gasteiger partial charge in [-0.05, 0) is 30.4 Å². The van der Waals surface area contributed by atoms with E-state index in [2.05, 4.69) is 31.1 Å². The number of pyridine rings is 1. The Morgan fingerprint density at radius 2 is 2.06 bits per heavy atom. The molecule has 0 bridgehead atoms. The van der Waals surface area contributed by atoms with Crippen LogP contribution in [0.5, 0.6) is 0 Å². The van der Waals surface area contributed by atoms with Crippen LogP contribution >= 0.6 is 0 Å². The number of amides is 1. The summed E-state index contributed by atoms with van der Waals surface area (Å²) in [4.78, 5) is 16.1. The van der Waals surface area contributed by atoms with E-state index in [0.29, 0.717) is 17.9 Å². The molecule has 4 heteroatoms. The molecule has 0 aliphatic heterocycles. The van der Waals surface area contributed by atoms with Gasteiger partial charge in [0.1, 0.15) is 5.82 Å². The molecule has 100 valence electrons. The molecule has 1 aromatic heterocycles. The Kier molecular flexibility index (Phi) is 4.70. The molecule has 0 aliphatic carbocycles. The van der Waals surface area contributed by atoms with Crippen LogP contribution in [0, 0.1) is 5.41 Å². The summed E-state index contributed by atoms with van der Waals surface area (Å²) in [6.45, 7) is 9.12. The minimum atomic E-state index is -0.0805. The maximum atomic E-state index is 12.0. The van der Waals surface area contributed by atoms with Crippen LogP contribution < -0.4 is 11.1 Å². The molecule has 0 radical (unpaired) electrons. The molecule has 1 amide bonds. The van der Waals surface area contributed by atoms with Gasteiger partial charge < -0.3 is 11.1 Å². The summed E-state index contributed by atoms with van der Waals surface area (Å²) < 4.78 is 0. The summed E-state index contributed by atoms with van der Waals surface area (Å²) in [6, 6.07) is 3.41. The Labute approximate surface area is 109 Å². The van der Waals surface area contributed by atoms with E-state index in [1.54, 1.807) is 12.1 Å². The van der Waals surface area contributed by atoms with Gasteiger partial charge in [0, 0.05) is 17.8 Å². The molecule has 0 fully saturated rings. The van der Waals surface area contributed by atoms with Crippen LogP contribution in [0.1, 0.15) is 50.2 Å². The van der Waals surface area contributed by atoms with Crippen molar-refractivity contribution in [1.29, 1.82) is 0 Å². The van der Waals surface area contributed by atoms with Gasteiger partial charge in [0.2, 0.25) is 0 Å². The first kappa shape index (κ1) is 14.5. The van der Waals surface area contributed by atoms with Crippen molar-refractivity contribution in [3.05, 3.63) is 23.4 Å². The Morgan fingerprint density at radius 3 is 2.61 bits per heavy atom. The van der Waals surface area contributed by atoms with Crippen LogP contribution in [0.2, 0.25) is 0 Å². The zero-order valence-corrected chi connectivity index (χ0v) is 11.7. The number of nitrogens with zero attached hydrogens (tertiary/aromatic N) is 1. The van der Waals surface area contributed by atoms with Crippen LogP contribution in [0.15, 0.2) is 12.1 Å². The number of nitrogen functional groups attached to an aromatic ring is 1. The number of nitrogens with two attached hydrogens (primary N) is 1. The molecule has 0 unspecified atom stereocenters. The van der Waals surface area contributed by atoms with Crippen LogP contribution in [-0.2, 0) is 6.42 Å². The maximum Gasteiger partial charge on any atom is 0.251 e. The summed E-state index contributed by atoms with van der Waals surface area (Å²) in [5, 5.41) is 2.91. The van der Waals surface area contributed by atoms with E-state index in [-0.39, 0.29) is 11.3 Å². The van der Waals surface area contributed by atoms with Crippen LogP contribution in [0.4, 0.5) is 5.82 Å². The third-order valence-electron chi connectivity index (χ3n) is 2.68. The molecule has 0 aliphatic rings. The first-order valence-corrected chi connectivity index (χ1v) is 6.36. The topological polar surface area (TPSA) is 68.0 Å². The van der Waals surface area contributed by atoms with Crippen molar-refractivity contribution in [1.82, 2.24) is 10.3 Å². The minimum absolute atomic E-state index is 0.0805. The molecule has 3 N–H and O–H groups in total. The van der Waals surface area contributed by atoms with Gasteiger partial charge in [-0.25, -0.2) is 4.98 Å². The van der Waals surface area contributed by atoms with E-state index < -0.39 is 0 Å². The first-order valence-electron chi connectivity index (χ1n) is 6.36. The third kappa shape index (κ3) is 4.73. The highest BCUT2D eigenvalue weighted by molar-refractivity contribution is 5.94. The summed E-state index contributed by atoms with van der Waals surface area (Å²) in [5.41, 5.74) is 7.34. The van der Waals surface area contributed by atoms with Gasteiger partial charge in [-0.1, -0.05) is 27.7 Å². The summed E-state index contributed by atoms with van der Waals surface area (Å²) in [6.07, 6.45) is 1.72. The van der Waals surface area contributed by atoms with Gasteiger partial charge >= 0.3 is 0 Å². The second-order valence-electron chi connectivity index (χ2n) is 5.69. The zero-order chi connectivity index (χ0) is 13.8. The molecule has 1 aromatic rings. The van der Waals surface area contributed by atoms with E-state index >= 15 is 0 Å². The maximum absolute atomic E-state index is 12.0. The normalized spacial score (nSPS) is 11.3. The fraction of sp³-hybridized carbons (Fsp3) is 0.571. The lowest BCUT2D eigenvalue weighted by Crippen LogP contribution is -2.27. The number of nitrogens with one attached hydrogen (secondary N) is 1. The summed E-state index contributed by atoms with van der Waals surface area (Å²) in [7, 11) is 0. The Bertz CT molecular complexity index is 422. The molecule has 0 atom stereocenters. The molecule has 1 heterocycles. The number of aryl methyl sites for hydroxylation is 1. The van der Waals surface area contributed by atoms with Crippen LogP contribution in [0.25, 0.3) is 0 Å². The fourth-order valence-electron chi connectivity index (χ4n) is 1.58. The van der Waals surface area contributed by atoms with Gasteiger partial charge in [0.15, 0.2) is 0 Å². The van der Waals surface area contributed by atoms with Crippen molar-refractivity contribution in [3.8, 4) is 0 Å². The standard InChI is InChI=1S/C14H23N3O/c1-5-11-8-10(9-12(15)17-11)13(18)16-7-6-14(2,3)4/h8-9H,5-7H2,1-4H3,(H2,15,17)(H,16,18). The average Bonchev–Trinajstić information content (AvgIpc) is 2.26. The molecule has 0 aromatic carbocycles. The lowest BCUT2D eigenvalue weighted by Gasteiger charge is -2.18. The number of carbonyl (C=O) groups excluding carboxylic acids is 1. The molecule has 0 saturated heterocycles. The van der Waals surface area contributed by atoms with Gasteiger partial charge in [-0.15, -0.1) is 0 Å². The number of anilines is 1. The Morgan fingerprint density at radius 1 is 1.39 bits per heavy atom. The van der Waals surface area contributed by atoms with Crippen LogP contribution in [-0.4, -0.2) is 17.4 Å². The molecule has 0 saturated carbocycles. The number of hydrogen-bond acceptors (Lipinski definition) is 3. The predicted octanol–water partition coefficient (Wildman–Crippen LogP) is 2.39. The smallest absolute Gasteiger partial charge is 0.251 e. The molecule has 0 spiro atoms. The van der Waals surface area contributed by atoms with E-state index in [0.717, 1.165) is 18.5 Å². The largest absolute Gasteiger partial charge is 0.384 e. The number of carbonyl (C=O) groups is 1. The van der Waals surface area contributed by atoms with Gasteiger partial charge in [-0.2, -0.15) is 0 Å². The third-order valence-corrected chi connectivity index (χ3v) is 2.68. The molecule has 4 nitrogen and oxygen atoms in total. The lowest BCUT2D eigenvalue weighted by molar-refractivity contribution is 0.0949. The van der Waals surface area contributed by atoms with Crippen molar-refractivity contribution >= 4 is 11.7 Å². The average molecular weight is 249 g/mol. The SMILES string of the molecule is CCc1cc(C(=O)NCCC(C)(C)C)cc(N)n1. The van der Waals surface area contributed by atoms with E-state index in [1.807, 2.05) is 6.92 Å². The van der Waals surface area contributed by atoms with Gasteiger partial charge in [0.25, 0.3) is 5.91 Å². The highest BCUT2D eigenvalue weighted by Crippen LogP contribution is 2.17. The lowest BCUT2D eigenvalue weighted by atomic mass is 9.92. The van der Waals surface area contributed by atoms with Crippen molar-refractivity contribution in [3.63, 3.8) is 0 Å². The van der Waals surface area contributed by atoms with Gasteiger partial charge in [0.05, 0.1) is 0 Å². The van der Waals surface area contributed by atoms with Crippen molar-refractivity contribution < 1.29 is 4.79 Å². The van der Waals surface area contributed by atoms with Crippen LogP contribution in [0.3, 0.4) is 0 Å². The molecular formula is C14H23N3O. The number of rotatable bonds is 4. The summed E-state index contributed by atoms with van der Waals surface area (Å²) >= 11 is 0. The fourth-order valence-corrected chi connectivity index (χ4v) is 1.58. The second-order valence-corrected chi connectivity index (χ2v) is 5.69. The molecule has 18 heavy (non-hydrogen) atoms. The Hall–Kier alpha value is -1.58. The quantitative estimate of drug-likeness (QED) is 0.861. The molecular weight excluding hydrogens is 226 g/mol. The van der Waals surface area contributed by atoms with Crippen molar-refractivity contribution in [2.24, 2.45) is 5.41 Å². The first-order chi connectivity index (χ1) is 8.31. The van der Waals surface area contributed by atoms with Crippen molar-refractivity contribution in [2.75, 3.05) is 12.3 Å². The minimum Gasteiger partial charge on any atom is -0.384 e. The summed E-state index contributed by atoms with van der Waals surface area (Å²) in [5.74, 6) is 0.318. The zero-order valence-electron chi connectivity index (χ0n) is 11.7. The predicted molar refractivity (Wildman–Crippen MR) is 74.4 cm³/mol. The highest BCUT2D eigenvalue weighted by Gasteiger charge is 2.12. The van der Waals surface area contributed by atoms with Crippen molar-refractivity contribution in [2.45, 2.75) is 40.5 Å². The molecule has 1 rings (SSSR count). The second kappa shape index (κ2) is 5.85. The van der Waals surface area contributed by atoms with E-state index in [4.69, 9.17) is 5.73 Å². The number of hydrogen-bond donors (Lipinski definition) is 2. The highest BCUT2D eigenvalue weighted by atomic mass is 16.1. The van der Waals surface area contributed by atoms with E-state index in [1.165, 1.54) is 0 Å². The Balaban J connectivity index is 2.64. The monoisotopic (exact) mass is 249 g/mol. The van der Waals surface area contributed by atoms with E-state index in [9.17, 15) is 4.79 Å². The number of aromatic nitrogens is 1. The van der Waals surface area contributed by atoms with Gasteiger partial charge in [-0.3, -0.25) is 4.79 Å².